The van der Waals surface area contributed by atoms with Crippen LogP contribution in [0.4, 0.5) is 0 Å². The number of hydrogen-bond donors (Lipinski definition) is 0. The largest absolute Gasteiger partial charge is 0.481 e. The molecule has 0 saturated heterocycles. The molecule has 2 aromatic rings. The normalized spacial score (nSPS) is 14.0. The van der Waals surface area contributed by atoms with Crippen LogP contribution in [0, 0.1) is 0 Å². The molecule has 0 spiro atoms. The molecular formula is C14H14ClN3O. The highest BCUT2D eigenvalue weighted by molar-refractivity contribution is 6.30. The molecule has 2 heterocycles. The molecule has 0 aliphatic heterocycles. The molecule has 5 heteroatoms. The number of ether oxygens (including phenoxy) is 1. The summed E-state index contributed by atoms with van der Waals surface area (Å²) in [5.41, 5.74) is 2.85. The number of aromatic nitrogens is 3. The van der Waals surface area contributed by atoms with Crippen LogP contribution in [0.1, 0.15) is 24.1 Å². The summed E-state index contributed by atoms with van der Waals surface area (Å²) >= 11 is 6.26. The van der Waals surface area contributed by atoms with Crippen molar-refractivity contribution in [2.24, 2.45) is 0 Å². The maximum absolute atomic E-state index is 6.26. The van der Waals surface area contributed by atoms with E-state index in [1.165, 1.54) is 0 Å². The summed E-state index contributed by atoms with van der Waals surface area (Å²) in [4.78, 5) is 13.3. The van der Waals surface area contributed by atoms with Gasteiger partial charge in [-0.05, 0) is 31.7 Å². The van der Waals surface area contributed by atoms with E-state index in [1.54, 1.807) is 13.2 Å². The minimum absolute atomic E-state index is 0.551. The second kappa shape index (κ2) is 5.13. The second-order valence-electron chi connectivity index (χ2n) is 4.54. The van der Waals surface area contributed by atoms with Crippen molar-refractivity contribution in [3.8, 4) is 17.4 Å². The molecule has 1 aliphatic carbocycles. The van der Waals surface area contributed by atoms with Crippen molar-refractivity contribution in [1.29, 1.82) is 0 Å². The van der Waals surface area contributed by atoms with E-state index >= 15 is 0 Å². The van der Waals surface area contributed by atoms with Gasteiger partial charge in [0.05, 0.1) is 7.11 Å². The van der Waals surface area contributed by atoms with Crippen LogP contribution >= 0.6 is 11.6 Å². The number of fused-ring (bicyclic) bond motifs is 1. The van der Waals surface area contributed by atoms with Gasteiger partial charge in [0.15, 0.2) is 5.82 Å². The van der Waals surface area contributed by atoms with Gasteiger partial charge >= 0.3 is 0 Å². The van der Waals surface area contributed by atoms with E-state index in [1.807, 2.05) is 12.1 Å². The lowest BCUT2D eigenvalue weighted by Gasteiger charge is -2.16. The van der Waals surface area contributed by atoms with E-state index in [9.17, 15) is 0 Å². The Kier molecular flexibility index (Phi) is 3.34. The van der Waals surface area contributed by atoms with Crippen molar-refractivity contribution >= 4 is 11.6 Å². The van der Waals surface area contributed by atoms with Gasteiger partial charge in [-0.2, -0.15) is 0 Å². The number of pyridine rings is 1. The van der Waals surface area contributed by atoms with Gasteiger partial charge in [-0.15, -0.1) is 0 Å². The lowest BCUT2D eigenvalue weighted by molar-refractivity contribution is 0.398. The highest BCUT2D eigenvalue weighted by atomic mass is 35.5. The third-order valence-corrected chi connectivity index (χ3v) is 3.61. The molecule has 0 amide bonds. The predicted molar refractivity (Wildman–Crippen MR) is 73.5 cm³/mol. The van der Waals surface area contributed by atoms with E-state index in [2.05, 4.69) is 15.0 Å². The van der Waals surface area contributed by atoms with Gasteiger partial charge in [0.25, 0.3) is 0 Å². The van der Waals surface area contributed by atoms with Crippen LogP contribution in [0.5, 0.6) is 5.88 Å². The Morgan fingerprint density at radius 3 is 2.79 bits per heavy atom. The summed E-state index contributed by atoms with van der Waals surface area (Å²) in [5.74, 6) is 1.12. The molecule has 0 aromatic carbocycles. The first-order valence-electron chi connectivity index (χ1n) is 6.34. The third-order valence-electron chi connectivity index (χ3n) is 3.29. The third kappa shape index (κ3) is 2.40. The molecule has 0 N–H and O–H groups in total. The van der Waals surface area contributed by atoms with Crippen LogP contribution < -0.4 is 4.74 Å². The van der Waals surface area contributed by atoms with Gasteiger partial charge in [0.2, 0.25) is 5.88 Å². The van der Waals surface area contributed by atoms with Crippen molar-refractivity contribution in [2.45, 2.75) is 25.7 Å². The molecular weight excluding hydrogens is 262 g/mol. The summed E-state index contributed by atoms with van der Waals surface area (Å²) in [5, 5.41) is 0.560. The van der Waals surface area contributed by atoms with Crippen molar-refractivity contribution in [3.05, 3.63) is 34.6 Å². The number of halogens is 1. The van der Waals surface area contributed by atoms with Crippen LogP contribution in [-0.4, -0.2) is 22.1 Å². The Labute approximate surface area is 116 Å². The number of hydrogen-bond acceptors (Lipinski definition) is 4. The summed E-state index contributed by atoms with van der Waals surface area (Å²) in [6.07, 6.45) is 4.26. The summed E-state index contributed by atoms with van der Waals surface area (Å²) in [7, 11) is 1.59. The molecule has 1 aliphatic rings. The predicted octanol–water partition coefficient (Wildman–Crippen LogP) is 3.08. The quantitative estimate of drug-likeness (QED) is 0.790. The van der Waals surface area contributed by atoms with E-state index in [-0.39, 0.29) is 0 Å². The Bertz CT molecular complexity index is 616. The van der Waals surface area contributed by atoms with E-state index in [4.69, 9.17) is 16.3 Å². The van der Waals surface area contributed by atoms with Gasteiger partial charge in [0, 0.05) is 17.3 Å². The van der Waals surface area contributed by atoms with Crippen LogP contribution in [0.25, 0.3) is 11.5 Å². The highest BCUT2D eigenvalue weighted by Gasteiger charge is 2.17. The second-order valence-corrected chi connectivity index (χ2v) is 4.89. The fraction of sp³-hybridized carbons (Fsp3) is 0.357. The number of rotatable bonds is 2. The standard InChI is InChI=1S/C14H14ClN3O/c1-19-12-8-4-7-11(16-12)14-17-10-6-3-2-5-9(10)13(15)18-14/h4,7-8H,2-3,5-6H2,1H3. The lowest BCUT2D eigenvalue weighted by atomic mass is 9.97. The summed E-state index contributed by atoms with van der Waals surface area (Å²) in [6.45, 7) is 0. The fourth-order valence-corrected chi connectivity index (χ4v) is 2.60. The topological polar surface area (TPSA) is 47.9 Å². The Balaban J connectivity index is 2.07. The molecule has 0 saturated carbocycles. The average Bonchev–Trinajstić information content (AvgIpc) is 2.47. The Morgan fingerprint density at radius 2 is 1.95 bits per heavy atom. The van der Waals surface area contributed by atoms with E-state index in [0.29, 0.717) is 22.6 Å². The zero-order valence-electron chi connectivity index (χ0n) is 10.7. The number of methoxy groups -OCH3 is 1. The van der Waals surface area contributed by atoms with Gasteiger partial charge in [0.1, 0.15) is 10.8 Å². The zero-order valence-corrected chi connectivity index (χ0v) is 11.4. The minimum atomic E-state index is 0.551. The van der Waals surface area contributed by atoms with Crippen LogP contribution in [0.2, 0.25) is 5.15 Å². The van der Waals surface area contributed by atoms with Crippen molar-refractivity contribution in [3.63, 3.8) is 0 Å². The van der Waals surface area contributed by atoms with Crippen molar-refractivity contribution in [1.82, 2.24) is 15.0 Å². The smallest absolute Gasteiger partial charge is 0.213 e. The lowest BCUT2D eigenvalue weighted by Crippen LogP contribution is -2.09. The van der Waals surface area contributed by atoms with Gasteiger partial charge in [-0.25, -0.2) is 15.0 Å². The molecule has 4 nitrogen and oxygen atoms in total. The summed E-state index contributed by atoms with van der Waals surface area (Å²) < 4.78 is 5.12. The molecule has 0 fully saturated rings. The maximum atomic E-state index is 6.26. The molecule has 0 unspecified atom stereocenters. The molecule has 0 radical (unpaired) electrons. The van der Waals surface area contributed by atoms with Crippen LogP contribution in [0.3, 0.4) is 0 Å². The molecule has 2 aromatic heterocycles. The monoisotopic (exact) mass is 275 g/mol. The minimum Gasteiger partial charge on any atom is -0.481 e. The SMILES string of the molecule is COc1cccc(-c2nc(Cl)c3c(n2)CCCC3)n1. The number of nitrogens with zero attached hydrogens (tertiary/aromatic N) is 3. The van der Waals surface area contributed by atoms with Gasteiger partial charge in [-0.1, -0.05) is 17.7 Å². The highest BCUT2D eigenvalue weighted by Crippen LogP contribution is 2.28. The average molecular weight is 276 g/mol. The first-order valence-corrected chi connectivity index (χ1v) is 6.72. The Morgan fingerprint density at radius 1 is 1.11 bits per heavy atom. The Hall–Kier alpha value is -1.68. The first kappa shape index (κ1) is 12.4. The van der Waals surface area contributed by atoms with E-state index < -0.39 is 0 Å². The number of aryl methyl sites for hydroxylation is 1. The van der Waals surface area contributed by atoms with Crippen LogP contribution in [-0.2, 0) is 12.8 Å². The molecule has 98 valence electrons. The van der Waals surface area contributed by atoms with Crippen LogP contribution in [0.15, 0.2) is 18.2 Å². The summed E-state index contributed by atoms with van der Waals surface area (Å²) in [6, 6.07) is 5.53. The van der Waals surface area contributed by atoms with Crippen molar-refractivity contribution in [2.75, 3.05) is 7.11 Å². The molecule has 19 heavy (non-hydrogen) atoms. The molecule has 0 atom stereocenters. The molecule has 0 bridgehead atoms. The maximum Gasteiger partial charge on any atom is 0.213 e. The molecule has 3 rings (SSSR count). The van der Waals surface area contributed by atoms with Gasteiger partial charge in [-0.3, -0.25) is 0 Å². The van der Waals surface area contributed by atoms with E-state index in [0.717, 1.165) is 36.9 Å². The van der Waals surface area contributed by atoms with Gasteiger partial charge < -0.3 is 4.74 Å². The van der Waals surface area contributed by atoms with Crippen molar-refractivity contribution < 1.29 is 4.74 Å². The fourth-order valence-electron chi connectivity index (χ4n) is 2.32. The zero-order chi connectivity index (χ0) is 13.2. The first-order chi connectivity index (χ1) is 9.28.